The van der Waals surface area contributed by atoms with Gasteiger partial charge in [-0.05, 0) is 6.42 Å². The molecule has 0 saturated heterocycles. The summed E-state index contributed by atoms with van der Waals surface area (Å²) in [4.78, 5) is 11.0. The third kappa shape index (κ3) is 3.91. The van der Waals surface area contributed by atoms with Gasteiger partial charge in [0.1, 0.15) is 0 Å². The van der Waals surface area contributed by atoms with Crippen molar-refractivity contribution in [2.24, 2.45) is 0 Å². The summed E-state index contributed by atoms with van der Waals surface area (Å²) < 4.78 is 25.4. The van der Waals surface area contributed by atoms with Crippen molar-refractivity contribution in [2.75, 3.05) is 18.9 Å². The summed E-state index contributed by atoms with van der Waals surface area (Å²) in [6.45, 7) is 2.18. The van der Waals surface area contributed by atoms with Gasteiger partial charge in [0.25, 0.3) is 10.0 Å². The molecule has 0 spiro atoms. The molecule has 3 N–H and O–H groups in total. The first-order chi connectivity index (χ1) is 7.99. The summed E-state index contributed by atoms with van der Waals surface area (Å²) in [5, 5.41) is 11.8. The van der Waals surface area contributed by atoms with Crippen LogP contribution in [-0.2, 0) is 10.0 Å². The SMILES string of the molecule is CCCNS(=O)(=O)c1nnc(NC(=O)NC)s1. The largest absolute Gasteiger partial charge is 0.341 e. The van der Waals surface area contributed by atoms with Gasteiger partial charge in [0, 0.05) is 13.6 Å². The summed E-state index contributed by atoms with van der Waals surface area (Å²) in [6, 6.07) is -0.480. The Balaban J connectivity index is 2.77. The monoisotopic (exact) mass is 279 g/mol. The van der Waals surface area contributed by atoms with E-state index in [-0.39, 0.29) is 9.47 Å². The standard InChI is InChI=1S/C7H13N5O3S2/c1-3-4-9-17(14,15)7-12-11-6(16-7)10-5(13)8-2/h9H,3-4H2,1-2H3,(H2,8,10,11,13). The Bertz CT molecular complexity index is 483. The maximum Gasteiger partial charge on any atom is 0.320 e. The molecule has 1 rings (SSSR count). The Morgan fingerprint density at radius 1 is 1.41 bits per heavy atom. The minimum atomic E-state index is -3.62. The number of hydrogen-bond acceptors (Lipinski definition) is 6. The van der Waals surface area contributed by atoms with Crippen LogP contribution < -0.4 is 15.4 Å². The summed E-state index contributed by atoms with van der Waals surface area (Å²) in [5.41, 5.74) is 0. The predicted molar refractivity (Wildman–Crippen MR) is 63.5 cm³/mol. The number of hydrogen-bond donors (Lipinski definition) is 3. The number of anilines is 1. The number of aromatic nitrogens is 2. The highest BCUT2D eigenvalue weighted by Gasteiger charge is 2.19. The lowest BCUT2D eigenvalue weighted by Gasteiger charge is -1.99. The number of carbonyl (C=O) groups is 1. The maximum absolute atomic E-state index is 11.6. The van der Waals surface area contributed by atoms with E-state index in [0.29, 0.717) is 13.0 Å². The first-order valence-electron chi connectivity index (χ1n) is 4.81. The number of sulfonamides is 1. The minimum absolute atomic E-state index is 0.126. The van der Waals surface area contributed by atoms with Gasteiger partial charge in [0.15, 0.2) is 0 Å². The number of amides is 2. The smallest absolute Gasteiger partial charge is 0.320 e. The second kappa shape index (κ2) is 5.89. The lowest BCUT2D eigenvalue weighted by Crippen LogP contribution is -2.24. The van der Waals surface area contributed by atoms with Gasteiger partial charge in [0.2, 0.25) is 9.47 Å². The van der Waals surface area contributed by atoms with Gasteiger partial charge in [-0.1, -0.05) is 18.3 Å². The molecule has 1 aromatic rings. The first-order valence-corrected chi connectivity index (χ1v) is 7.11. The van der Waals surface area contributed by atoms with Crippen molar-refractivity contribution in [1.82, 2.24) is 20.2 Å². The lowest BCUT2D eigenvalue weighted by molar-refractivity contribution is 0.254. The topological polar surface area (TPSA) is 113 Å². The summed E-state index contributed by atoms with van der Waals surface area (Å²) >= 11 is 0.789. The Hall–Kier alpha value is -1.26. The highest BCUT2D eigenvalue weighted by atomic mass is 32.2. The van der Waals surface area contributed by atoms with Gasteiger partial charge in [0.05, 0.1) is 0 Å². The Morgan fingerprint density at radius 3 is 2.71 bits per heavy atom. The van der Waals surface area contributed by atoms with E-state index in [1.807, 2.05) is 6.92 Å². The number of rotatable bonds is 5. The fourth-order valence-corrected chi connectivity index (χ4v) is 2.90. The van der Waals surface area contributed by atoms with Crippen molar-refractivity contribution in [3.63, 3.8) is 0 Å². The maximum atomic E-state index is 11.6. The van der Waals surface area contributed by atoms with E-state index in [1.54, 1.807) is 0 Å². The van der Waals surface area contributed by atoms with E-state index >= 15 is 0 Å². The highest BCUT2D eigenvalue weighted by Crippen LogP contribution is 2.19. The fraction of sp³-hybridized carbons (Fsp3) is 0.571. The average Bonchev–Trinajstić information content (AvgIpc) is 2.75. The van der Waals surface area contributed by atoms with Crippen LogP contribution in [0.25, 0.3) is 0 Å². The van der Waals surface area contributed by atoms with Crippen LogP contribution in [0.3, 0.4) is 0 Å². The van der Waals surface area contributed by atoms with E-state index in [0.717, 1.165) is 11.3 Å². The molecule has 0 aliphatic heterocycles. The van der Waals surface area contributed by atoms with Crippen molar-refractivity contribution in [3.8, 4) is 0 Å². The summed E-state index contributed by atoms with van der Waals surface area (Å²) in [7, 11) is -2.18. The molecule has 2 amide bonds. The van der Waals surface area contributed by atoms with Gasteiger partial charge >= 0.3 is 6.03 Å². The van der Waals surface area contributed by atoms with Gasteiger partial charge < -0.3 is 5.32 Å². The van der Waals surface area contributed by atoms with Crippen LogP contribution in [0, 0.1) is 0 Å². The molecule has 0 radical (unpaired) electrons. The Kier molecular flexibility index (Phi) is 4.78. The second-order valence-corrected chi connectivity index (χ2v) is 5.89. The normalized spacial score (nSPS) is 11.2. The zero-order valence-corrected chi connectivity index (χ0v) is 11.0. The van der Waals surface area contributed by atoms with E-state index in [1.165, 1.54) is 7.05 Å². The van der Waals surface area contributed by atoms with Crippen LogP contribution in [-0.4, -0.2) is 38.2 Å². The van der Waals surface area contributed by atoms with Crippen molar-refractivity contribution in [1.29, 1.82) is 0 Å². The summed E-state index contributed by atoms with van der Waals surface area (Å²) in [5.74, 6) is 0. The third-order valence-electron chi connectivity index (χ3n) is 1.63. The molecule has 0 aliphatic rings. The molecule has 0 saturated carbocycles. The molecular weight excluding hydrogens is 266 g/mol. The van der Waals surface area contributed by atoms with Crippen molar-refractivity contribution < 1.29 is 13.2 Å². The zero-order valence-electron chi connectivity index (χ0n) is 9.35. The second-order valence-electron chi connectivity index (χ2n) is 2.98. The molecule has 0 unspecified atom stereocenters. The molecule has 1 aromatic heterocycles. The quantitative estimate of drug-likeness (QED) is 0.655. The van der Waals surface area contributed by atoms with Crippen molar-refractivity contribution >= 4 is 32.5 Å². The molecule has 8 nitrogen and oxygen atoms in total. The molecular formula is C7H13N5O3S2. The van der Waals surface area contributed by atoms with Crippen LogP contribution >= 0.6 is 11.3 Å². The zero-order chi connectivity index (χ0) is 12.9. The van der Waals surface area contributed by atoms with Crippen LogP contribution in [0.5, 0.6) is 0 Å². The van der Waals surface area contributed by atoms with Crippen LogP contribution in [0.15, 0.2) is 4.34 Å². The van der Waals surface area contributed by atoms with E-state index in [9.17, 15) is 13.2 Å². The van der Waals surface area contributed by atoms with E-state index in [4.69, 9.17) is 0 Å². The van der Waals surface area contributed by atoms with Gasteiger partial charge in [-0.3, -0.25) is 5.32 Å². The van der Waals surface area contributed by atoms with Crippen LogP contribution in [0.1, 0.15) is 13.3 Å². The van der Waals surface area contributed by atoms with Crippen molar-refractivity contribution in [3.05, 3.63) is 0 Å². The molecule has 0 aliphatic carbocycles. The summed E-state index contributed by atoms with van der Waals surface area (Å²) in [6.07, 6.45) is 0.682. The van der Waals surface area contributed by atoms with Crippen molar-refractivity contribution in [2.45, 2.75) is 17.7 Å². The molecule has 1 heterocycles. The van der Waals surface area contributed by atoms with Gasteiger partial charge in [-0.2, -0.15) is 0 Å². The predicted octanol–water partition coefficient (Wildman–Crippen LogP) is -0.0223. The fourth-order valence-electron chi connectivity index (χ4n) is 0.827. The van der Waals surface area contributed by atoms with E-state index in [2.05, 4.69) is 25.6 Å². The number of carbonyl (C=O) groups excluding carboxylic acids is 1. The third-order valence-corrected chi connectivity index (χ3v) is 4.29. The van der Waals surface area contributed by atoms with E-state index < -0.39 is 16.1 Å². The van der Waals surface area contributed by atoms with Crippen LogP contribution in [0.4, 0.5) is 9.93 Å². The van der Waals surface area contributed by atoms with Crippen LogP contribution in [0.2, 0.25) is 0 Å². The van der Waals surface area contributed by atoms with Gasteiger partial charge in [-0.25, -0.2) is 17.9 Å². The lowest BCUT2D eigenvalue weighted by atomic mass is 10.5. The molecule has 0 aromatic carbocycles. The molecule has 10 heteroatoms. The Labute approximate surface area is 103 Å². The molecule has 0 atom stereocenters. The number of urea groups is 1. The molecule has 0 bridgehead atoms. The molecule has 0 fully saturated rings. The first kappa shape index (κ1) is 13.8. The minimum Gasteiger partial charge on any atom is -0.341 e. The van der Waals surface area contributed by atoms with Gasteiger partial charge in [-0.15, -0.1) is 10.2 Å². The molecule has 17 heavy (non-hydrogen) atoms. The average molecular weight is 279 g/mol. The highest BCUT2D eigenvalue weighted by molar-refractivity contribution is 7.91. The Morgan fingerprint density at radius 2 is 2.12 bits per heavy atom. The molecule has 96 valence electrons. The number of nitrogens with one attached hydrogen (secondary N) is 3. The number of nitrogens with zero attached hydrogens (tertiary/aromatic N) is 2.